The minimum Gasteiger partial charge on any atom is -0.495 e. The maximum absolute atomic E-state index is 13.6. The van der Waals surface area contributed by atoms with Crippen LogP contribution in [0.2, 0.25) is 5.02 Å². The van der Waals surface area contributed by atoms with Crippen molar-refractivity contribution in [3.8, 4) is 16.9 Å². The van der Waals surface area contributed by atoms with E-state index >= 15 is 0 Å². The van der Waals surface area contributed by atoms with Crippen LogP contribution in [-0.4, -0.2) is 77.4 Å². The van der Waals surface area contributed by atoms with Crippen LogP contribution in [-0.2, 0) is 22.5 Å². The lowest BCUT2D eigenvalue weighted by Crippen LogP contribution is -2.51. The van der Waals surface area contributed by atoms with E-state index in [9.17, 15) is 19.2 Å². The second-order valence-electron chi connectivity index (χ2n) is 10.9. The van der Waals surface area contributed by atoms with E-state index in [1.54, 1.807) is 30.0 Å². The lowest BCUT2D eigenvalue weighted by Gasteiger charge is -2.38. The average Bonchev–Trinajstić information content (AvgIpc) is 3.17. The summed E-state index contributed by atoms with van der Waals surface area (Å²) in [5, 5.41) is 3.24. The number of hydrogen-bond donors (Lipinski definition) is 1. The molecule has 2 aliphatic rings. The predicted molar refractivity (Wildman–Crippen MR) is 164 cm³/mol. The molecular weight excluding hydrogens is 574 g/mol. The maximum Gasteiger partial charge on any atom is 0.331 e. The number of rotatable bonds is 8. The number of para-hydroxylation sites is 1. The van der Waals surface area contributed by atoms with Gasteiger partial charge >= 0.3 is 11.7 Å². The van der Waals surface area contributed by atoms with Gasteiger partial charge in [-0.05, 0) is 43.9 Å². The van der Waals surface area contributed by atoms with Gasteiger partial charge in [-0.2, -0.15) is 0 Å². The third kappa shape index (κ3) is 6.18. The molecule has 228 valence electrons. The first kappa shape index (κ1) is 30.4. The van der Waals surface area contributed by atoms with Crippen LogP contribution in [0.4, 0.5) is 10.5 Å². The van der Waals surface area contributed by atoms with E-state index in [0.29, 0.717) is 43.8 Å². The summed E-state index contributed by atoms with van der Waals surface area (Å²) < 4.78 is 12.9. The molecule has 11 nitrogen and oxygen atoms in total. The van der Waals surface area contributed by atoms with Gasteiger partial charge in [0, 0.05) is 50.2 Å². The Bertz CT molecular complexity index is 1630. The van der Waals surface area contributed by atoms with Gasteiger partial charge in [0.15, 0.2) is 0 Å². The number of urea groups is 1. The van der Waals surface area contributed by atoms with Crippen LogP contribution in [0, 0.1) is 0 Å². The van der Waals surface area contributed by atoms with Gasteiger partial charge in [0.2, 0.25) is 5.91 Å². The van der Waals surface area contributed by atoms with Crippen molar-refractivity contribution in [3.05, 3.63) is 80.1 Å². The molecule has 2 aromatic carbocycles. The lowest BCUT2D eigenvalue weighted by molar-refractivity contribution is -0.133. The summed E-state index contributed by atoms with van der Waals surface area (Å²) in [7, 11) is 2.97. The molecule has 3 aromatic rings. The van der Waals surface area contributed by atoms with E-state index in [2.05, 4.69) is 5.32 Å². The maximum atomic E-state index is 13.6. The number of benzene rings is 2. The molecule has 1 saturated heterocycles. The van der Waals surface area contributed by atoms with Crippen LogP contribution in [0.3, 0.4) is 0 Å². The molecule has 43 heavy (non-hydrogen) atoms. The Balaban J connectivity index is 1.35. The highest BCUT2D eigenvalue weighted by Crippen LogP contribution is 2.33. The van der Waals surface area contributed by atoms with E-state index in [4.69, 9.17) is 21.1 Å². The van der Waals surface area contributed by atoms with Crippen molar-refractivity contribution in [1.82, 2.24) is 18.9 Å². The van der Waals surface area contributed by atoms with Crippen molar-refractivity contribution in [3.63, 3.8) is 0 Å². The standard InChI is InChI=1S/C31H36ClN5O6/c1-20(19-42-2)37-29(39)24(23-8-6-10-26(43-3)28(23)32)17-35(31(37)41)18-27(38)34-14-12-22(13-15-34)36-16-11-21-7-4-5-9-25(21)33-30(36)40/h4-10,17,20,22H,11-16,18-19H2,1-3H3,(H,33,40)/t20-/m0/s1. The van der Waals surface area contributed by atoms with Crippen LogP contribution in [0.25, 0.3) is 11.1 Å². The Morgan fingerprint density at radius 3 is 2.49 bits per heavy atom. The number of ether oxygens (including phenoxy) is 2. The van der Waals surface area contributed by atoms with Crippen LogP contribution >= 0.6 is 11.6 Å². The van der Waals surface area contributed by atoms with E-state index in [1.165, 1.54) is 25.0 Å². The van der Waals surface area contributed by atoms with Gasteiger partial charge in [-0.25, -0.2) is 9.59 Å². The molecule has 0 aliphatic carbocycles. The molecule has 12 heteroatoms. The molecule has 1 N–H and O–H groups in total. The van der Waals surface area contributed by atoms with Crippen LogP contribution in [0.1, 0.15) is 31.4 Å². The fraction of sp³-hybridized carbons (Fsp3) is 0.419. The van der Waals surface area contributed by atoms with Crippen molar-refractivity contribution in [2.45, 2.75) is 44.8 Å². The number of carbonyl (C=O) groups is 2. The molecule has 0 bridgehead atoms. The number of nitrogens with one attached hydrogen (secondary N) is 1. The first-order valence-corrected chi connectivity index (χ1v) is 14.7. The number of likely N-dealkylation sites (tertiary alicyclic amines) is 1. The van der Waals surface area contributed by atoms with Gasteiger partial charge in [-0.1, -0.05) is 41.9 Å². The minimum atomic E-state index is -0.610. The quantitative estimate of drug-likeness (QED) is 0.417. The van der Waals surface area contributed by atoms with Gasteiger partial charge < -0.3 is 24.6 Å². The average molecular weight is 610 g/mol. The van der Waals surface area contributed by atoms with Gasteiger partial charge in [0.25, 0.3) is 5.56 Å². The number of aromatic nitrogens is 2. The predicted octanol–water partition coefficient (Wildman–Crippen LogP) is 3.63. The summed E-state index contributed by atoms with van der Waals surface area (Å²) in [5.74, 6) is 0.134. The zero-order valence-electron chi connectivity index (χ0n) is 24.5. The molecule has 1 atom stereocenters. The third-order valence-corrected chi connectivity index (χ3v) is 8.60. The summed E-state index contributed by atoms with van der Waals surface area (Å²) in [5.41, 5.74) is 1.36. The largest absolute Gasteiger partial charge is 0.495 e. The van der Waals surface area contributed by atoms with Crippen LogP contribution in [0.5, 0.6) is 5.75 Å². The molecule has 3 amide bonds. The molecular formula is C31H36ClN5O6. The van der Waals surface area contributed by atoms with Crippen molar-refractivity contribution >= 4 is 29.2 Å². The zero-order valence-corrected chi connectivity index (χ0v) is 25.3. The smallest absolute Gasteiger partial charge is 0.331 e. The van der Waals surface area contributed by atoms with Crippen molar-refractivity contribution < 1.29 is 19.1 Å². The zero-order chi connectivity index (χ0) is 30.7. The fourth-order valence-corrected chi connectivity index (χ4v) is 6.22. The van der Waals surface area contributed by atoms with Gasteiger partial charge in [0.05, 0.1) is 30.3 Å². The summed E-state index contributed by atoms with van der Waals surface area (Å²) >= 11 is 6.56. The number of amides is 3. The minimum absolute atomic E-state index is 0.000288. The summed E-state index contributed by atoms with van der Waals surface area (Å²) in [4.78, 5) is 57.1. The number of piperidine rings is 1. The highest BCUT2D eigenvalue weighted by Gasteiger charge is 2.32. The van der Waals surface area contributed by atoms with Crippen LogP contribution in [0.15, 0.2) is 58.3 Å². The highest BCUT2D eigenvalue weighted by atomic mass is 35.5. The van der Waals surface area contributed by atoms with E-state index in [-0.39, 0.29) is 41.7 Å². The lowest BCUT2D eigenvalue weighted by atomic mass is 10.0. The molecule has 5 rings (SSSR count). The Morgan fingerprint density at radius 2 is 1.77 bits per heavy atom. The van der Waals surface area contributed by atoms with Crippen molar-refractivity contribution in [2.75, 3.05) is 45.8 Å². The third-order valence-electron chi connectivity index (χ3n) is 8.21. The molecule has 3 heterocycles. The SMILES string of the molecule is COC[C@H](C)n1c(=O)c(-c2cccc(OC)c2Cl)cn(CC(=O)N2CCC(N3CCc4ccccc4NC3=O)CC2)c1=O. The van der Waals surface area contributed by atoms with Crippen molar-refractivity contribution in [2.24, 2.45) is 0 Å². The second kappa shape index (κ2) is 13.0. The highest BCUT2D eigenvalue weighted by molar-refractivity contribution is 6.34. The second-order valence-corrected chi connectivity index (χ2v) is 11.3. The number of nitrogens with zero attached hydrogens (tertiary/aromatic N) is 4. The van der Waals surface area contributed by atoms with E-state index in [1.807, 2.05) is 29.2 Å². The molecule has 1 fully saturated rings. The summed E-state index contributed by atoms with van der Waals surface area (Å²) in [6, 6.07) is 12.1. The van der Waals surface area contributed by atoms with Crippen molar-refractivity contribution in [1.29, 1.82) is 0 Å². The van der Waals surface area contributed by atoms with E-state index in [0.717, 1.165) is 22.2 Å². The Morgan fingerprint density at radius 1 is 1.02 bits per heavy atom. The number of anilines is 1. The number of halogens is 1. The molecule has 0 saturated carbocycles. The Kier molecular flexibility index (Phi) is 9.22. The Hall–Kier alpha value is -4.09. The topological polar surface area (TPSA) is 115 Å². The first-order valence-electron chi connectivity index (χ1n) is 14.3. The summed E-state index contributed by atoms with van der Waals surface area (Å²) in [6.07, 6.45) is 3.40. The van der Waals surface area contributed by atoms with E-state index < -0.39 is 17.3 Å². The van der Waals surface area contributed by atoms with Gasteiger partial charge in [-0.3, -0.25) is 18.7 Å². The normalized spacial score (nSPS) is 16.3. The number of carbonyl (C=O) groups excluding carboxylic acids is 2. The summed E-state index contributed by atoms with van der Waals surface area (Å²) in [6.45, 7) is 3.08. The molecule has 2 aliphatic heterocycles. The van der Waals surface area contributed by atoms with Gasteiger partial charge in [-0.15, -0.1) is 0 Å². The number of hydrogen-bond acceptors (Lipinski definition) is 6. The van der Waals surface area contributed by atoms with Crippen LogP contribution < -0.4 is 21.3 Å². The molecule has 0 unspecified atom stereocenters. The fourth-order valence-electron chi connectivity index (χ4n) is 5.91. The molecule has 0 radical (unpaired) electrons. The Labute approximate surface area is 254 Å². The molecule has 0 spiro atoms. The molecule has 1 aromatic heterocycles. The first-order chi connectivity index (χ1) is 20.7. The van der Waals surface area contributed by atoms with Gasteiger partial charge in [0.1, 0.15) is 12.3 Å². The number of methoxy groups -OCH3 is 2. The number of fused-ring (bicyclic) bond motifs is 1. The monoisotopic (exact) mass is 609 g/mol.